The average molecular weight is 252 g/mol. The van der Waals surface area contributed by atoms with E-state index in [1.54, 1.807) is 18.5 Å². The zero-order chi connectivity index (χ0) is 13.2. The van der Waals surface area contributed by atoms with Crippen molar-refractivity contribution < 1.29 is 4.79 Å². The third kappa shape index (κ3) is 2.12. The Balaban J connectivity index is 1.86. The summed E-state index contributed by atoms with van der Waals surface area (Å²) in [6, 6.07) is 11.8. The van der Waals surface area contributed by atoms with E-state index in [4.69, 9.17) is 0 Å². The first-order valence-electron chi connectivity index (χ1n) is 6.56. The van der Waals surface area contributed by atoms with Crippen molar-refractivity contribution in [1.82, 2.24) is 4.98 Å². The molecule has 1 atom stereocenters. The summed E-state index contributed by atoms with van der Waals surface area (Å²) in [6.45, 7) is 2.88. The number of benzene rings is 1. The predicted molar refractivity (Wildman–Crippen MR) is 75.5 cm³/mol. The van der Waals surface area contributed by atoms with Crippen LogP contribution in [0.5, 0.6) is 0 Å². The molecule has 0 saturated carbocycles. The molecule has 0 saturated heterocycles. The van der Waals surface area contributed by atoms with Crippen LogP contribution in [-0.2, 0) is 6.42 Å². The van der Waals surface area contributed by atoms with E-state index < -0.39 is 0 Å². The minimum absolute atomic E-state index is 0.129. The Hall–Kier alpha value is -2.16. The van der Waals surface area contributed by atoms with Crippen LogP contribution in [0.25, 0.3) is 0 Å². The molecule has 1 aromatic carbocycles. The molecule has 19 heavy (non-hydrogen) atoms. The van der Waals surface area contributed by atoms with Crippen molar-refractivity contribution in [3.63, 3.8) is 0 Å². The van der Waals surface area contributed by atoms with Crippen molar-refractivity contribution >= 4 is 11.5 Å². The fourth-order valence-electron chi connectivity index (χ4n) is 2.66. The lowest BCUT2D eigenvalue weighted by Crippen LogP contribution is -2.37. The normalized spacial score (nSPS) is 15.1. The molecule has 0 amide bonds. The molecule has 2 aromatic rings. The minimum Gasteiger partial charge on any atom is -0.361 e. The quantitative estimate of drug-likeness (QED) is 0.787. The molecule has 0 aliphatic carbocycles. The number of hydrogen-bond acceptors (Lipinski definition) is 3. The van der Waals surface area contributed by atoms with Crippen LogP contribution in [0.15, 0.2) is 48.8 Å². The molecular weight excluding hydrogens is 236 g/mol. The summed E-state index contributed by atoms with van der Waals surface area (Å²) >= 11 is 0. The van der Waals surface area contributed by atoms with Crippen molar-refractivity contribution in [2.24, 2.45) is 0 Å². The van der Waals surface area contributed by atoms with E-state index in [0.29, 0.717) is 5.56 Å². The van der Waals surface area contributed by atoms with Crippen molar-refractivity contribution in [3.05, 3.63) is 59.9 Å². The number of carbonyl (C=O) groups is 1. The number of para-hydroxylation sites is 1. The zero-order valence-electron chi connectivity index (χ0n) is 10.9. The van der Waals surface area contributed by atoms with Gasteiger partial charge in [-0.05, 0) is 37.1 Å². The van der Waals surface area contributed by atoms with Crippen LogP contribution in [0.1, 0.15) is 22.8 Å². The molecule has 0 spiro atoms. The summed E-state index contributed by atoms with van der Waals surface area (Å²) in [4.78, 5) is 18.7. The molecular formula is C16H16N2O. The number of carbonyl (C=O) groups excluding carboxylic acids is 1. The highest BCUT2D eigenvalue weighted by molar-refractivity contribution is 6.01. The van der Waals surface area contributed by atoms with Gasteiger partial charge in [0.05, 0.1) is 6.04 Å². The van der Waals surface area contributed by atoms with Gasteiger partial charge in [0.2, 0.25) is 0 Å². The number of anilines is 1. The van der Waals surface area contributed by atoms with Gasteiger partial charge < -0.3 is 4.90 Å². The summed E-state index contributed by atoms with van der Waals surface area (Å²) in [5.41, 5.74) is 3.19. The second-order valence-electron chi connectivity index (χ2n) is 4.85. The van der Waals surface area contributed by atoms with Gasteiger partial charge >= 0.3 is 0 Å². The van der Waals surface area contributed by atoms with E-state index in [2.05, 4.69) is 28.1 Å². The van der Waals surface area contributed by atoms with Crippen LogP contribution in [0.2, 0.25) is 0 Å². The maximum absolute atomic E-state index is 12.5. The molecule has 0 N–H and O–H groups in total. The number of aromatic nitrogens is 1. The number of Topliss-reactive ketones (excluding diaryl/α,β-unsaturated/α-hetero) is 1. The van der Waals surface area contributed by atoms with E-state index in [1.807, 2.05) is 19.1 Å². The fourth-order valence-corrected chi connectivity index (χ4v) is 2.66. The first-order chi connectivity index (χ1) is 9.27. The Morgan fingerprint density at radius 1 is 1.26 bits per heavy atom. The van der Waals surface area contributed by atoms with Gasteiger partial charge in [-0.2, -0.15) is 0 Å². The summed E-state index contributed by atoms with van der Waals surface area (Å²) in [5.74, 6) is 0.129. The van der Waals surface area contributed by atoms with Gasteiger partial charge in [0.15, 0.2) is 5.78 Å². The third-order valence-corrected chi connectivity index (χ3v) is 3.72. The highest BCUT2D eigenvalue weighted by Crippen LogP contribution is 2.29. The molecule has 2 heterocycles. The summed E-state index contributed by atoms with van der Waals surface area (Å²) in [6.07, 6.45) is 4.34. The van der Waals surface area contributed by atoms with Crippen LogP contribution < -0.4 is 4.90 Å². The van der Waals surface area contributed by atoms with Crippen LogP contribution in [0.4, 0.5) is 5.69 Å². The standard InChI is InChI=1S/C16H16N2O/c1-12(16(19)14-6-4-9-17-11-14)18-10-8-13-5-2-3-7-15(13)18/h2-7,9,11-12H,8,10H2,1H3. The molecule has 0 bridgehead atoms. The second-order valence-corrected chi connectivity index (χ2v) is 4.85. The Morgan fingerprint density at radius 3 is 2.89 bits per heavy atom. The van der Waals surface area contributed by atoms with Gasteiger partial charge in [-0.15, -0.1) is 0 Å². The van der Waals surface area contributed by atoms with Gasteiger partial charge in [0, 0.05) is 30.2 Å². The monoisotopic (exact) mass is 252 g/mol. The maximum atomic E-state index is 12.5. The lowest BCUT2D eigenvalue weighted by atomic mass is 10.1. The van der Waals surface area contributed by atoms with Gasteiger partial charge in [0.25, 0.3) is 0 Å². The summed E-state index contributed by atoms with van der Waals surface area (Å²) in [5, 5.41) is 0. The molecule has 3 rings (SSSR count). The predicted octanol–water partition coefficient (Wildman–Crippen LogP) is 2.72. The van der Waals surface area contributed by atoms with E-state index in [9.17, 15) is 4.79 Å². The van der Waals surface area contributed by atoms with Crippen molar-refractivity contribution in [2.45, 2.75) is 19.4 Å². The number of pyridine rings is 1. The summed E-state index contributed by atoms with van der Waals surface area (Å²) in [7, 11) is 0. The molecule has 3 heteroatoms. The highest BCUT2D eigenvalue weighted by atomic mass is 16.1. The van der Waals surface area contributed by atoms with E-state index in [-0.39, 0.29) is 11.8 Å². The van der Waals surface area contributed by atoms with Crippen molar-refractivity contribution in [3.8, 4) is 0 Å². The molecule has 1 unspecified atom stereocenters. The molecule has 1 aliphatic heterocycles. The topological polar surface area (TPSA) is 33.2 Å². The van der Waals surface area contributed by atoms with Gasteiger partial charge in [-0.1, -0.05) is 18.2 Å². The van der Waals surface area contributed by atoms with Crippen LogP contribution in [0.3, 0.4) is 0 Å². The molecule has 0 fully saturated rings. The fraction of sp³-hybridized carbons (Fsp3) is 0.250. The molecule has 1 aliphatic rings. The average Bonchev–Trinajstić information content (AvgIpc) is 2.90. The number of hydrogen-bond donors (Lipinski definition) is 0. The summed E-state index contributed by atoms with van der Waals surface area (Å²) < 4.78 is 0. The largest absolute Gasteiger partial charge is 0.361 e. The van der Waals surface area contributed by atoms with Gasteiger partial charge in [-0.3, -0.25) is 9.78 Å². The molecule has 3 nitrogen and oxygen atoms in total. The van der Waals surface area contributed by atoms with E-state index in [1.165, 1.54) is 11.3 Å². The van der Waals surface area contributed by atoms with Crippen LogP contribution in [0, 0.1) is 0 Å². The van der Waals surface area contributed by atoms with Crippen LogP contribution in [-0.4, -0.2) is 23.4 Å². The molecule has 96 valence electrons. The Kier molecular flexibility index (Phi) is 3.03. The Morgan fingerprint density at radius 2 is 2.11 bits per heavy atom. The van der Waals surface area contributed by atoms with Crippen molar-refractivity contribution in [2.75, 3.05) is 11.4 Å². The lowest BCUT2D eigenvalue weighted by molar-refractivity contribution is 0.0964. The first kappa shape index (κ1) is 11.9. The highest BCUT2D eigenvalue weighted by Gasteiger charge is 2.27. The lowest BCUT2D eigenvalue weighted by Gasteiger charge is -2.26. The first-order valence-corrected chi connectivity index (χ1v) is 6.56. The number of fused-ring (bicyclic) bond motifs is 1. The third-order valence-electron chi connectivity index (χ3n) is 3.72. The Labute approximate surface area is 112 Å². The number of ketones is 1. The van der Waals surface area contributed by atoms with Crippen LogP contribution >= 0.6 is 0 Å². The van der Waals surface area contributed by atoms with E-state index in [0.717, 1.165) is 13.0 Å². The number of nitrogens with zero attached hydrogens (tertiary/aromatic N) is 2. The van der Waals surface area contributed by atoms with Crippen molar-refractivity contribution in [1.29, 1.82) is 0 Å². The van der Waals surface area contributed by atoms with Gasteiger partial charge in [-0.25, -0.2) is 0 Å². The minimum atomic E-state index is -0.146. The molecule has 0 radical (unpaired) electrons. The van der Waals surface area contributed by atoms with E-state index >= 15 is 0 Å². The SMILES string of the molecule is CC(C(=O)c1cccnc1)N1CCc2ccccc21. The zero-order valence-corrected chi connectivity index (χ0v) is 10.9. The maximum Gasteiger partial charge on any atom is 0.186 e. The van der Waals surface area contributed by atoms with Gasteiger partial charge in [0.1, 0.15) is 0 Å². The molecule has 1 aromatic heterocycles. The number of rotatable bonds is 3. The smallest absolute Gasteiger partial charge is 0.186 e. The second kappa shape index (κ2) is 4.84. The Bertz CT molecular complexity index is 595.